The molecule has 0 saturated carbocycles. The maximum atomic E-state index is 13.4. The molecule has 6 N–H and O–H groups in total. The third-order valence-electron chi connectivity index (χ3n) is 6.78. The highest BCUT2D eigenvalue weighted by atomic mass is 35.6. The van der Waals surface area contributed by atoms with Crippen molar-refractivity contribution in [2.75, 3.05) is 19.0 Å². The molecule has 1 saturated heterocycles. The van der Waals surface area contributed by atoms with Crippen LogP contribution in [0.5, 0.6) is 0 Å². The first-order valence-corrected chi connectivity index (χ1v) is 18.6. The first kappa shape index (κ1) is 49.5. The van der Waals surface area contributed by atoms with Crippen LogP contribution < -0.4 is 21.7 Å². The minimum atomic E-state index is -2.05. The average Bonchev–Trinajstić information content (AvgIpc) is 3.01. The van der Waals surface area contributed by atoms with Gasteiger partial charge in [0, 0.05) is 20.8 Å². The monoisotopic (exact) mass is 868 g/mol. The zero-order valence-corrected chi connectivity index (χ0v) is 34.3. The molecule has 1 aliphatic rings. The second kappa shape index (κ2) is 22.3. The van der Waals surface area contributed by atoms with Crippen LogP contribution in [0.25, 0.3) is 0 Å². The van der Waals surface area contributed by atoms with E-state index in [9.17, 15) is 43.5 Å². The average molecular weight is 870 g/mol. The van der Waals surface area contributed by atoms with Crippen molar-refractivity contribution < 1.29 is 76.6 Å². The van der Waals surface area contributed by atoms with Gasteiger partial charge in [-0.1, -0.05) is 34.8 Å². The van der Waals surface area contributed by atoms with E-state index in [2.05, 4.69) is 16.0 Å². The first-order chi connectivity index (χ1) is 25.2. The zero-order chi connectivity index (χ0) is 42.4. The van der Waals surface area contributed by atoms with Crippen molar-refractivity contribution in [1.82, 2.24) is 16.0 Å². The van der Waals surface area contributed by atoms with Crippen LogP contribution in [-0.4, -0.2) is 135 Å². The Bertz CT molecular complexity index is 1400. The van der Waals surface area contributed by atoms with Crippen molar-refractivity contribution in [2.45, 2.75) is 125 Å². The van der Waals surface area contributed by atoms with Crippen LogP contribution in [0.3, 0.4) is 0 Å². The summed E-state index contributed by atoms with van der Waals surface area (Å²) >= 11 is 17.8. The summed E-state index contributed by atoms with van der Waals surface area (Å²) in [7, 11) is 0. The summed E-state index contributed by atoms with van der Waals surface area (Å²) in [6, 6.07) is -4.29. The van der Waals surface area contributed by atoms with Gasteiger partial charge in [0.25, 0.3) is 0 Å². The van der Waals surface area contributed by atoms with Gasteiger partial charge in [-0.2, -0.15) is 0 Å². The lowest BCUT2D eigenvalue weighted by atomic mass is 9.99. The van der Waals surface area contributed by atoms with Crippen molar-refractivity contribution in [2.24, 2.45) is 5.73 Å². The number of nitrogens with two attached hydrogens (primary N) is 1. The second-order valence-electron chi connectivity index (χ2n) is 12.9. The highest BCUT2D eigenvalue weighted by molar-refractivity contribution is 7.99. The van der Waals surface area contributed by atoms with E-state index >= 15 is 0 Å². The SMILES string of the molecule is CC(=O)OC[C@H]1O[C@@H](SCC[C@H](NC(=O)[C@@H](NC(=O)OC(C)(C)C)[C@@H](C)O)C(=O)N[C@@H](C)C(N)=O)[C@H](OC(=O)OCC(Cl)(Cl)Cl)[C@@H](OC(C)=O)[C@@H]1OC(C)=O. The number of nitrogens with one attached hydrogen (secondary N) is 3. The fourth-order valence-corrected chi connectivity index (χ4v) is 5.86. The van der Waals surface area contributed by atoms with Gasteiger partial charge >= 0.3 is 30.2 Å². The Kier molecular flexibility index (Phi) is 20.1. The Balaban J connectivity index is 3.53. The molecule has 0 aliphatic carbocycles. The van der Waals surface area contributed by atoms with E-state index < -0.39 is 125 Å². The number of carbonyl (C=O) groups is 8. The number of alkyl halides is 3. The smallest absolute Gasteiger partial charge is 0.463 e. The summed E-state index contributed by atoms with van der Waals surface area (Å²) in [6.45, 7) is 9.03. The number of aliphatic hydroxyl groups is 1. The van der Waals surface area contributed by atoms with Crippen molar-refractivity contribution in [1.29, 1.82) is 0 Å². The minimum Gasteiger partial charge on any atom is -0.463 e. The molecule has 0 bridgehead atoms. The number of aliphatic hydroxyl groups excluding tert-OH is 1. The Labute approximate surface area is 336 Å². The molecule has 1 heterocycles. The number of primary amides is 1. The topological polar surface area (TPSA) is 284 Å². The molecule has 0 unspecified atom stereocenters. The van der Waals surface area contributed by atoms with Gasteiger partial charge in [-0.15, -0.1) is 11.8 Å². The zero-order valence-electron chi connectivity index (χ0n) is 31.2. The Morgan fingerprint density at radius 3 is 1.89 bits per heavy atom. The van der Waals surface area contributed by atoms with E-state index in [1.54, 1.807) is 20.8 Å². The molecule has 0 aromatic rings. The lowest BCUT2D eigenvalue weighted by Gasteiger charge is -2.44. The summed E-state index contributed by atoms with van der Waals surface area (Å²) < 4.78 is 35.3. The maximum absolute atomic E-state index is 13.4. The molecule has 0 aromatic heterocycles. The number of amides is 4. The molecule has 1 rings (SSSR count). The van der Waals surface area contributed by atoms with Crippen molar-refractivity contribution in [3.63, 3.8) is 0 Å². The molecule has 1 fully saturated rings. The normalized spacial score (nSPS) is 21.9. The summed E-state index contributed by atoms with van der Waals surface area (Å²) in [5.74, 6) is -5.55. The quantitative estimate of drug-likeness (QED) is 0.0771. The van der Waals surface area contributed by atoms with Crippen molar-refractivity contribution >= 4 is 94.4 Å². The number of thioether (sulfide) groups is 1. The predicted octanol–water partition coefficient (Wildman–Crippen LogP) is 0.902. The largest absolute Gasteiger partial charge is 0.508 e. The second-order valence-corrected chi connectivity index (χ2v) is 16.7. The molecule has 314 valence electrons. The summed E-state index contributed by atoms with van der Waals surface area (Å²) in [4.78, 5) is 99.7. The van der Waals surface area contributed by atoms with Gasteiger partial charge < -0.3 is 59.9 Å². The van der Waals surface area contributed by atoms with E-state index in [1.807, 2.05) is 0 Å². The number of halogens is 3. The van der Waals surface area contributed by atoms with Gasteiger partial charge in [-0.25, -0.2) is 9.59 Å². The summed E-state index contributed by atoms with van der Waals surface area (Å²) in [5, 5.41) is 17.3. The number of hydrogen-bond acceptors (Lipinski definition) is 17. The molecule has 20 nitrogen and oxygen atoms in total. The molecule has 0 aromatic carbocycles. The molecule has 9 atom stereocenters. The van der Waals surface area contributed by atoms with Crippen LogP contribution in [-0.2, 0) is 61.9 Å². The number of ether oxygens (including phenoxy) is 7. The third-order valence-corrected chi connectivity index (χ3v) is 8.28. The van der Waals surface area contributed by atoms with Gasteiger partial charge in [0.1, 0.15) is 48.5 Å². The molecule has 0 radical (unpaired) electrons. The fourth-order valence-electron chi connectivity index (χ4n) is 4.47. The lowest BCUT2D eigenvalue weighted by molar-refractivity contribution is -0.233. The molecule has 0 spiro atoms. The Hall–Kier alpha value is -3.50. The number of alkyl carbamates (subject to hydrolysis) is 1. The van der Waals surface area contributed by atoms with E-state index in [4.69, 9.17) is 73.7 Å². The number of carbonyl (C=O) groups excluding carboxylic acids is 8. The maximum Gasteiger partial charge on any atom is 0.508 e. The van der Waals surface area contributed by atoms with Crippen LogP contribution in [0.1, 0.15) is 61.8 Å². The van der Waals surface area contributed by atoms with Crippen LogP contribution in [0.15, 0.2) is 0 Å². The highest BCUT2D eigenvalue weighted by Gasteiger charge is 2.53. The van der Waals surface area contributed by atoms with Gasteiger partial charge in [0.05, 0.1) is 6.10 Å². The van der Waals surface area contributed by atoms with E-state index in [-0.39, 0.29) is 12.2 Å². The summed E-state index contributed by atoms with van der Waals surface area (Å²) in [5.41, 5.74) is 2.96. The number of esters is 3. The number of rotatable bonds is 17. The van der Waals surface area contributed by atoms with Crippen LogP contribution >= 0.6 is 46.6 Å². The Morgan fingerprint density at radius 2 is 1.40 bits per heavy atom. The number of hydrogen-bond donors (Lipinski definition) is 5. The Morgan fingerprint density at radius 1 is 0.818 bits per heavy atom. The van der Waals surface area contributed by atoms with E-state index in [1.165, 1.54) is 13.8 Å². The van der Waals surface area contributed by atoms with Gasteiger partial charge in [0.15, 0.2) is 18.3 Å². The van der Waals surface area contributed by atoms with E-state index in [0.717, 1.165) is 32.5 Å². The van der Waals surface area contributed by atoms with Gasteiger partial charge in [-0.3, -0.25) is 28.8 Å². The van der Waals surface area contributed by atoms with Crippen LogP contribution in [0.2, 0.25) is 0 Å². The highest BCUT2D eigenvalue weighted by Crippen LogP contribution is 2.35. The molecule has 24 heteroatoms. The minimum absolute atomic E-state index is 0.165. The van der Waals surface area contributed by atoms with Crippen LogP contribution in [0.4, 0.5) is 9.59 Å². The predicted molar refractivity (Wildman–Crippen MR) is 194 cm³/mol. The lowest BCUT2D eigenvalue weighted by Crippen LogP contribution is -2.61. The standard InChI is InChI=1S/C31H47Cl3N4O16S/c1-13(24(35)43)36-25(44)18(37-26(45)20(14(2)39)38-28(46)54-30(6,7)8)9-10-55-27-23(53-29(47)49-12-31(32,33)34)22(51-17(5)42)21(50-16(4)41)19(52-27)11-48-15(3)40/h13-14,18-23,27,39H,9-12H2,1-8H3,(H2,35,43)(H,36,44)(H,37,45)(H,38,46)/t13-,14+,18-,19+,20-,21+,22-,23+,27-/m0/s1. The fraction of sp³-hybridized carbons (Fsp3) is 0.742. The molecular formula is C31H47Cl3N4O16S. The molecule has 55 heavy (non-hydrogen) atoms. The molecule has 1 aliphatic heterocycles. The first-order valence-electron chi connectivity index (χ1n) is 16.4. The van der Waals surface area contributed by atoms with Gasteiger partial charge in [0.2, 0.25) is 21.5 Å². The van der Waals surface area contributed by atoms with Gasteiger partial charge in [-0.05, 0) is 46.8 Å². The molecule has 4 amide bonds. The van der Waals surface area contributed by atoms with Crippen molar-refractivity contribution in [3.8, 4) is 0 Å². The van der Waals surface area contributed by atoms with Crippen LogP contribution in [0, 0.1) is 0 Å². The molecular weight excluding hydrogens is 823 g/mol. The summed E-state index contributed by atoms with van der Waals surface area (Å²) in [6.07, 6.45) is -10.4. The van der Waals surface area contributed by atoms with Crippen molar-refractivity contribution in [3.05, 3.63) is 0 Å². The third kappa shape index (κ3) is 19.3. The van der Waals surface area contributed by atoms with E-state index in [0.29, 0.717) is 0 Å².